The number of hydrogen-bond donors (Lipinski definition) is 0. The van der Waals surface area contributed by atoms with Crippen molar-refractivity contribution in [1.29, 1.82) is 0 Å². The van der Waals surface area contributed by atoms with Gasteiger partial charge in [0.1, 0.15) is 17.5 Å². The molecule has 2 saturated heterocycles. The molecule has 0 aliphatic carbocycles. The summed E-state index contributed by atoms with van der Waals surface area (Å²) in [6, 6.07) is 2.16. The number of aromatic nitrogens is 2. The van der Waals surface area contributed by atoms with Crippen LogP contribution in [0.5, 0.6) is 0 Å². The number of halogens is 1. The minimum atomic E-state index is 0.871. The van der Waals surface area contributed by atoms with Crippen LogP contribution in [-0.4, -0.2) is 60.7 Å². The minimum Gasteiger partial charge on any atom is -0.356 e. The van der Waals surface area contributed by atoms with Crippen molar-refractivity contribution in [3.63, 3.8) is 0 Å². The molecule has 22 heavy (non-hydrogen) atoms. The second kappa shape index (κ2) is 6.96. The van der Waals surface area contributed by atoms with Gasteiger partial charge in [-0.1, -0.05) is 22.5 Å². The third-order valence-electron chi connectivity index (χ3n) is 4.33. The fourth-order valence-corrected chi connectivity index (χ4v) is 3.54. The van der Waals surface area contributed by atoms with Crippen LogP contribution >= 0.6 is 15.9 Å². The van der Waals surface area contributed by atoms with Gasteiger partial charge in [0.15, 0.2) is 0 Å². The van der Waals surface area contributed by atoms with Gasteiger partial charge < -0.3 is 9.80 Å². The van der Waals surface area contributed by atoms with E-state index < -0.39 is 0 Å². The lowest BCUT2D eigenvalue weighted by atomic mass is 10.3. The number of aryl methyl sites for hydroxylation is 1. The fraction of sp³-hybridized carbons (Fsp3) is 0.625. The average Bonchev–Trinajstić information content (AvgIpc) is 3.01. The molecule has 2 aliphatic rings. The van der Waals surface area contributed by atoms with Crippen LogP contribution in [0.25, 0.3) is 0 Å². The van der Waals surface area contributed by atoms with E-state index in [1.54, 1.807) is 0 Å². The molecule has 0 N–H and O–H groups in total. The molecule has 0 saturated carbocycles. The first-order valence-corrected chi connectivity index (χ1v) is 8.82. The molecule has 2 fully saturated rings. The molecule has 0 spiro atoms. The van der Waals surface area contributed by atoms with Gasteiger partial charge in [0.05, 0.1) is 0 Å². The minimum absolute atomic E-state index is 0.871. The van der Waals surface area contributed by atoms with Gasteiger partial charge in [-0.25, -0.2) is 9.97 Å². The summed E-state index contributed by atoms with van der Waals surface area (Å²) in [5.41, 5.74) is 0. The van der Waals surface area contributed by atoms with Crippen molar-refractivity contribution < 1.29 is 0 Å². The zero-order chi connectivity index (χ0) is 15.5. The zero-order valence-corrected chi connectivity index (χ0v) is 14.8. The van der Waals surface area contributed by atoms with Crippen LogP contribution in [0.3, 0.4) is 0 Å². The maximum Gasteiger partial charge on any atom is 0.134 e. The van der Waals surface area contributed by atoms with Crippen molar-refractivity contribution in [3.05, 3.63) is 23.0 Å². The second-order valence-corrected chi connectivity index (χ2v) is 7.23. The molecule has 3 heterocycles. The van der Waals surface area contributed by atoms with Gasteiger partial charge >= 0.3 is 0 Å². The van der Waals surface area contributed by atoms with Crippen molar-refractivity contribution in [2.24, 2.45) is 0 Å². The van der Waals surface area contributed by atoms with Crippen molar-refractivity contribution in [2.45, 2.75) is 19.8 Å². The van der Waals surface area contributed by atoms with Crippen LogP contribution in [0.1, 0.15) is 18.7 Å². The summed E-state index contributed by atoms with van der Waals surface area (Å²) >= 11 is 3.45. The van der Waals surface area contributed by atoms with Gasteiger partial charge in [-0.2, -0.15) is 0 Å². The zero-order valence-electron chi connectivity index (χ0n) is 13.3. The molecule has 0 amide bonds. The summed E-state index contributed by atoms with van der Waals surface area (Å²) in [5.74, 6) is 3.04. The third-order valence-corrected chi connectivity index (χ3v) is 4.58. The normalized spacial score (nSPS) is 19.7. The Kier molecular flexibility index (Phi) is 4.98. The molecule has 0 radical (unpaired) electrons. The Balaban J connectivity index is 1.68. The molecule has 2 aliphatic heterocycles. The average molecular weight is 366 g/mol. The molecule has 120 valence electrons. The monoisotopic (exact) mass is 365 g/mol. The molecular weight excluding hydrogens is 342 g/mol. The summed E-state index contributed by atoms with van der Waals surface area (Å²) in [7, 11) is 0. The summed E-state index contributed by atoms with van der Waals surface area (Å²) in [4.78, 5) is 16.5. The molecule has 0 atom stereocenters. The molecule has 6 heteroatoms. The highest BCUT2D eigenvalue weighted by Crippen LogP contribution is 2.23. The lowest BCUT2D eigenvalue weighted by Gasteiger charge is -2.35. The van der Waals surface area contributed by atoms with Crippen molar-refractivity contribution in [1.82, 2.24) is 14.9 Å². The lowest BCUT2D eigenvalue weighted by Crippen LogP contribution is -2.47. The first kappa shape index (κ1) is 15.7. The van der Waals surface area contributed by atoms with Gasteiger partial charge in [0.25, 0.3) is 0 Å². The predicted octanol–water partition coefficient (Wildman–Crippen LogP) is 2.42. The Bertz CT molecular complexity index is 533. The maximum absolute atomic E-state index is 4.66. The number of nitrogens with zero attached hydrogens (tertiary/aromatic N) is 5. The summed E-state index contributed by atoms with van der Waals surface area (Å²) in [6.45, 7) is 13.2. The molecule has 1 aromatic heterocycles. The third kappa shape index (κ3) is 3.79. The van der Waals surface area contributed by atoms with Crippen LogP contribution in [0.4, 0.5) is 11.6 Å². The number of rotatable bonds is 4. The lowest BCUT2D eigenvalue weighted by molar-refractivity contribution is 0.282. The standard InChI is InChI=1S/C16H24BrN5/c1-13(17)12-20-7-9-22(10-8-20)16-11-15(18-14(2)19-16)21-5-3-4-6-21/h11H,1,3-10,12H2,2H3. The van der Waals surface area contributed by atoms with E-state index in [9.17, 15) is 0 Å². The first-order chi connectivity index (χ1) is 10.6. The largest absolute Gasteiger partial charge is 0.356 e. The molecule has 1 aromatic rings. The van der Waals surface area contributed by atoms with E-state index in [1.165, 1.54) is 12.8 Å². The van der Waals surface area contributed by atoms with Crippen LogP contribution in [0.15, 0.2) is 17.1 Å². The highest BCUT2D eigenvalue weighted by Gasteiger charge is 2.21. The second-order valence-electron chi connectivity index (χ2n) is 6.11. The van der Waals surface area contributed by atoms with E-state index in [0.29, 0.717) is 0 Å². The number of anilines is 2. The van der Waals surface area contributed by atoms with E-state index in [0.717, 1.165) is 67.8 Å². The van der Waals surface area contributed by atoms with Crippen LogP contribution < -0.4 is 9.80 Å². The highest BCUT2D eigenvalue weighted by molar-refractivity contribution is 9.11. The topological polar surface area (TPSA) is 35.5 Å². The SMILES string of the molecule is C=C(Br)CN1CCN(c2cc(N3CCCC3)nc(C)n2)CC1. The van der Waals surface area contributed by atoms with E-state index in [-0.39, 0.29) is 0 Å². The summed E-state index contributed by atoms with van der Waals surface area (Å²) < 4.78 is 1.05. The molecule has 3 rings (SSSR count). The van der Waals surface area contributed by atoms with Crippen LogP contribution in [0, 0.1) is 6.92 Å². The quantitative estimate of drug-likeness (QED) is 0.818. The molecule has 0 unspecified atom stereocenters. The number of hydrogen-bond acceptors (Lipinski definition) is 5. The van der Waals surface area contributed by atoms with Gasteiger partial charge in [-0.3, -0.25) is 4.90 Å². The van der Waals surface area contributed by atoms with Gasteiger partial charge in [-0.15, -0.1) is 0 Å². The first-order valence-electron chi connectivity index (χ1n) is 8.03. The summed E-state index contributed by atoms with van der Waals surface area (Å²) in [6.07, 6.45) is 2.54. The smallest absolute Gasteiger partial charge is 0.134 e. The van der Waals surface area contributed by atoms with Crippen LogP contribution in [-0.2, 0) is 0 Å². The van der Waals surface area contributed by atoms with Gasteiger partial charge in [-0.05, 0) is 19.8 Å². The molecule has 0 bridgehead atoms. The summed E-state index contributed by atoms with van der Waals surface area (Å²) in [5, 5.41) is 0. The maximum atomic E-state index is 4.66. The van der Waals surface area contributed by atoms with E-state index in [1.807, 2.05) is 6.92 Å². The Morgan fingerprint density at radius 3 is 2.14 bits per heavy atom. The molecular formula is C16H24BrN5. The van der Waals surface area contributed by atoms with Crippen LogP contribution in [0.2, 0.25) is 0 Å². The van der Waals surface area contributed by atoms with Crippen molar-refractivity contribution in [2.75, 3.05) is 55.6 Å². The van der Waals surface area contributed by atoms with Crippen molar-refractivity contribution in [3.8, 4) is 0 Å². The Morgan fingerprint density at radius 1 is 1.05 bits per heavy atom. The van der Waals surface area contributed by atoms with E-state index >= 15 is 0 Å². The predicted molar refractivity (Wildman–Crippen MR) is 94.9 cm³/mol. The Labute approximate surface area is 141 Å². The van der Waals surface area contributed by atoms with E-state index in [4.69, 9.17) is 0 Å². The Morgan fingerprint density at radius 2 is 1.59 bits per heavy atom. The fourth-order valence-electron chi connectivity index (χ4n) is 3.18. The number of piperazine rings is 1. The van der Waals surface area contributed by atoms with E-state index in [2.05, 4.69) is 53.2 Å². The molecule has 5 nitrogen and oxygen atoms in total. The molecule has 0 aromatic carbocycles. The van der Waals surface area contributed by atoms with Gasteiger partial charge in [0.2, 0.25) is 0 Å². The Hall–Kier alpha value is -1.14. The highest BCUT2D eigenvalue weighted by atomic mass is 79.9. The van der Waals surface area contributed by atoms with Gasteiger partial charge in [0, 0.05) is 56.4 Å². The van der Waals surface area contributed by atoms with Crippen molar-refractivity contribution >= 4 is 27.6 Å².